The van der Waals surface area contributed by atoms with Crippen LogP contribution in [-0.2, 0) is 14.3 Å². The maximum absolute atomic E-state index is 11.2. The van der Waals surface area contributed by atoms with Gasteiger partial charge < -0.3 is 4.74 Å². The summed E-state index contributed by atoms with van der Waals surface area (Å²) in [6, 6.07) is 0. The molecule has 1 fully saturated rings. The molecule has 3 nitrogen and oxygen atoms in total. The summed E-state index contributed by atoms with van der Waals surface area (Å²) in [5, 5.41) is 0. The van der Waals surface area contributed by atoms with Gasteiger partial charge >= 0.3 is 11.9 Å². The maximum Gasteiger partial charge on any atom is 0.321 e. The van der Waals surface area contributed by atoms with E-state index in [0.29, 0.717) is 0 Å². The van der Waals surface area contributed by atoms with Crippen molar-refractivity contribution >= 4 is 11.9 Å². The smallest absolute Gasteiger partial charge is 0.321 e. The fourth-order valence-electron chi connectivity index (χ4n) is 1.51. The van der Waals surface area contributed by atoms with Crippen molar-refractivity contribution in [3.8, 4) is 0 Å². The SMILES string of the molecule is CCC(C)=CC/C(C)=C\C1CC(=O)OC1=O. The molecule has 1 atom stereocenters. The molecule has 1 heterocycles. The molecule has 1 aliphatic rings. The summed E-state index contributed by atoms with van der Waals surface area (Å²) in [5.41, 5.74) is 2.43. The fourth-order valence-corrected chi connectivity index (χ4v) is 1.51. The Morgan fingerprint density at radius 3 is 2.56 bits per heavy atom. The topological polar surface area (TPSA) is 43.4 Å². The number of esters is 2. The van der Waals surface area contributed by atoms with E-state index in [1.165, 1.54) is 5.57 Å². The van der Waals surface area contributed by atoms with Crippen molar-refractivity contribution in [2.75, 3.05) is 0 Å². The molecule has 0 saturated carbocycles. The minimum atomic E-state index is -0.417. The molecule has 0 aromatic heterocycles. The molecule has 1 saturated heterocycles. The van der Waals surface area contributed by atoms with Gasteiger partial charge in [0.15, 0.2) is 0 Å². The molecular weight excluding hydrogens is 204 g/mol. The van der Waals surface area contributed by atoms with Crippen molar-refractivity contribution in [1.29, 1.82) is 0 Å². The third-order valence-corrected chi connectivity index (χ3v) is 2.72. The van der Waals surface area contributed by atoms with Gasteiger partial charge in [-0.1, -0.05) is 30.2 Å². The number of cyclic esters (lactones) is 2. The molecule has 0 aromatic rings. The standard InChI is InChI=1S/C13H18O3/c1-4-9(2)5-6-10(3)7-11-8-12(14)16-13(11)15/h5,7,11H,4,6,8H2,1-3H3/b9-5?,10-7-. The van der Waals surface area contributed by atoms with E-state index in [-0.39, 0.29) is 12.3 Å². The second-order valence-corrected chi connectivity index (χ2v) is 4.22. The zero-order chi connectivity index (χ0) is 12.1. The van der Waals surface area contributed by atoms with Gasteiger partial charge in [-0.25, -0.2) is 0 Å². The summed E-state index contributed by atoms with van der Waals surface area (Å²) >= 11 is 0. The molecule has 0 aromatic carbocycles. The molecule has 88 valence electrons. The van der Waals surface area contributed by atoms with Gasteiger partial charge in [0.25, 0.3) is 0 Å². The Labute approximate surface area is 96.2 Å². The lowest BCUT2D eigenvalue weighted by molar-refractivity contribution is -0.152. The quantitative estimate of drug-likeness (QED) is 0.417. The normalized spacial score (nSPS) is 22.6. The molecule has 1 rings (SSSR count). The van der Waals surface area contributed by atoms with Gasteiger partial charge in [-0.2, -0.15) is 0 Å². The van der Waals surface area contributed by atoms with Crippen LogP contribution >= 0.6 is 0 Å². The number of rotatable bonds is 4. The molecule has 1 unspecified atom stereocenters. The average Bonchev–Trinajstić information content (AvgIpc) is 2.54. The van der Waals surface area contributed by atoms with Crippen LogP contribution in [0.25, 0.3) is 0 Å². The van der Waals surface area contributed by atoms with Crippen LogP contribution < -0.4 is 0 Å². The summed E-state index contributed by atoms with van der Waals surface area (Å²) in [4.78, 5) is 22.1. The lowest BCUT2D eigenvalue weighted by Gasteiger charge is -2.01. The molecule has 0 bridgehead atoms. The van der Waals surface area contributed by atoms with E-state index in [9.17, 15) is 9.59 Å². The predicted octanol–water partition coefficient (Wildman–Crippen LogP) is 2.77. The number of hydrogen-bond donors (Lipinski definition) is 0. The van der Waals surface area contributed by atoms with Crippen LogP contribution in [0.5, 0.6) is 0 Å². The molecule has 16 heavy (non-hydrogen) atoms. The highest BCUT2D eigenvalue weighted by atomic mass is 16.6. The Hall–Kier alpha value is -1.38. The number of carbonyl (C=O) groups is 2. The first-order chi connectivity index (χ1) is 7.52. The van der Waals surface area contributed by atoms with Crippen LogP contribution in [0.15, 0.2) is 23.3 Å². The van der Waals surface area contributed by atoms with Crippen molar-refractivity contribution in [3.05, 3.63) is 23.3 Å². The van der Waals surface area contributed by atoms with E-state index in [4.69, 9.17) is 0 Å². The summed E-state index contributed by atoms with van der Waals surface area (Å²) in [7, 11) is 0. The van der Waals surface area contributed by atoms with Gasteiger partial charge in [-0.05, 0) is 26.7 Å². The molecule has 1 aliphatic heterocycles. The lowest BCUT2D eigenvalue weighted by atomic mass is 10.0. The summed E-state index contributed by atoms with van der Waals surface area (Å²) in [6.45, 7) is 6.16. The van der Waals surface area contributed by atoms with E-state index in [0.717, 1.165) is 18.4 Å². The van der Waals surface area contributed by atoms with Crippen molar-refractivity contribution in [1.82, 2.24) is 0 Å². The van der Waals surface area contributed by atoms with Crippen LogP contribution in [0, 0.1) is 5.92 Å². The predicted molar refractivity (Wildman–Crippen MR) is 61.6 cm³/mol. The molecule has 0 amide bonds. The first-order valence-electron chi connectivity index (χ1n) is 5.60. The van der Waals surface area contributed by atoms with Gasteiger partial charge in [0.2, 0.25) is 0 Å². The van der Waals surface area contributed by atoms with E-state index in [2.05, 4.69) is 24.7 Å². The van der Waals surface area contributed by atoms with Crippen molar-refractivity contribution in [2.45, 2.75) is 40.0 Å². The van der Waals surface area contributed by atoms with Crippen LogP contribution in [0.4, 0.5) is 0 Å². The highest BCUT2D eigenvalue weighted by Crippen LogP contribution is 2.20. The van der Waals surface area contributed by atoms with Gasteiger partial charge in [0, 0.05) is 0 Å². The Bertz CT molecular complexity index is 350. The summed E-state index contributed by atoms with van der Waals surface area (Å²) in [5.74, 6) is -1.21. The zero-order valence-electron chi connectivity index (χ0n) is 10.1. The highest BCUT2D eigenvalue weighted by molar-refractivity contribution is 5.95. The summed E-state index contributed by atoms with van der Waals surface area (Å²) in [6.07, 6.45) is 6.04. The molecular formula is C13H18O3. The molecule has 0 spiro atoms. The second kappa shape index (κ2) is 5.64. The maximum atomic E-state index is 11.2. The first kappa shape index (κ1) is 12.7. The number of ether oxygens (including phenoxy) is 1. The Balaban J connectivity index is 2.56. The Morgan fingerprint density at radius 1 is 1.38 bits per heavy atom. The van der Waals surface area contributed by atoms with Crippen molar-refractivity contribution < 1.29 is 14.3 Å². The number of hydrogen-bond acceptors (Lipinski definition) is 3. The van der Waals surface area contributed by atoms with Crippen LogP contribution in [0.1, 0.15) is 40.0 Å². The van der Waals surface area contributed by atoms with Gasteiger partial charge in [-0.3, -0.25) is 9.59 Å². The van der Waals surface area contributed by atoms with Crippen LogP contribution in [-0.4, -0.2) is 11.9 Å². The number of carbonyl (C=O) groups excluding carboxylic acids is 2. The third-order valence-electron chi connectivity index (χ3n) is 2.72. The van der Waals surface area contributed by atoms with Gasteiger partial charge in [0.1, 0.15) is 0 Å². The highest BCUT2D eigenvalue weighted by Gasteiger charge is 2.31. The van der Waals surface area contributed by atoms with E-state index in [1.807, 2.05) is 13.0 Å². The fraction of sp³-hybridized carbons (Fsp3) is 0.538. The molecule has 0 N–H and O–H groups in total. The van der Waals surface area contributed by atoms with Crippen molar-refractivity contribution in [3.63, 3.8) is 0 Å². The van der Waals surface area contributed by atoms with Crippen LogP contribution in [0.3, 0.4) is 0 Å². The second-order valence-electron chi connectivity index (χ2n) is 4.22. The largest absolute Gasteiger partial charge is 0.393 e. The minimum absolute atomic E-state index is 0.187. The van der Waals surface area contributed by atoms with E-state index >= 15 is 0 Å². The van der Waals surface area contributed by atoms with Crippen molar-refractivity contribution in [2.24, 2.45) is 5.92 Å². The van der Waals surface area contributed by atoms with Crippen LogP contribution in [0.2, 0.25) is 0 Å². The minimum Gasteiger partial charge on any atom is -0.393 e. The summed E-state index contributed by atoms with van der Waals surface area (Å²) < 4.78 is 4.48. The zero-order valence-corrected chi connectivity index (χ0v) is 10.1. The third kappa shape index (κ3) is 3.65. The monoisotopic (exact) mass is 222 g/mol. The molecule has 0 aliphatic carbocycles. The number of allylic oxidation sites excluding steroid dienone is 3. The Kier molecular flexibility index (Phi) is 4.47. The average molecular weight is 222 g/mol. The van der Waals surface area contributed by atoms with E-state index in [1.54, 1.807) is 0 Å². The Morgan fingerprint density at radius 2 is 2.06 bits per heavy atom. The first-order valence-corrected chi connectivity index (χ1v) is 5.60. The van der Waals surface area contributed by atoms with Gasteiger partial charge in [-0.15, -0.1) is 0 Å². The van der Waals surface area contributed by atoms with Gasteiger partial charge in [0.05, 0.1) is 12.3 Å². The molecule has 0 radical (unpaired) electrons. The molecule has 3 heteroatoms. The van der Waals surface area contributed by atoms with E-state index < -0.39 is 11.9 Å². The lowest BCUT2D eigenvalue weighted by Crippen LogP contribution is -2.04.